The zero-order valence-electron chi connectivity index (χ0n) is 12.0. The molecule has 0 aliphatic carbocycles. The van der Waals surface area contributed by atoms with E-state index in [-0.39, 0.29) is 0 Å². The van der Waals surface area contributed by atoms with E-state index in [0.29, 0.717) is 6.61 Å². The highest BCUT2D eigenvalue weighted by Gasteiger charge is 2.04. The second kappa shape index (κ2) is 8.42. The van der Waals surface area contributed by atoms with E-state index < -0.39 is 0 Å². The molecule has 0 aliphatic heterocycles. The molecule has 0 saturated heterocycles. The first kappa shape index (κ1) is 16.3. The third-order valence-electron chi connectivity index (χ3n) is 3.04. The molecule has 2 aromatic carbocycles. The van der Waals surface area contributed by atoms with Crippen molar-refractivity contribution in [1.82, 2.24) is 5.32 Å². The van der Waals surface area contributed by atoms with Crippen LogP contribution in [-0.4, -0.2) is 6.54 Å². The number of benzene rings is 2. The predicted molar refractivity (Wildman–Crippen MR) is 91.9 cm³/mol. The Kier molecular flexibility index (Phi) is 6.55. The van der Waals surface area contributed by atoms with Crippen molar-refractivity contribution < 1.29 is 4.74 Å². The maximum atomic E-state index is 5.97. The minimum atomic E-state index is 0.507. The van der Waals surface area contributed by atoms with Gasteiger partial charge in [-0.1, -0.05) is 36.7 Å². The van der Waals surface area contributed by atoms with Crippen molar-refractivity contribution in [3.8, 4) is 5.75 Å². The third-order valence-corrected chi connectivity index (χ3v) is 3.89. The lowest BCUT2D eigenvalue weighted by Crippen LogP contribution is -2.13. The number of hydrogen-bond donors (Lipinski definition) is 1. The van der Waals surface area contributed by atoms with Crippen LogP contribution in [0.25, 0.3) is 0 Å². The van der Waals surface area contributed by atoms with Crippen molar-refractivity contribution in [2.24, 2.45) is 0 Å². The molecule has 0 atom stereocenters. The number of halogens is 2. The molecule has 0 unspecified atom stereocenters. The number of rotatable bonds is 7. The lowest BCUT2D eigenvalue weighted by molar-refractivity contribution is 0.304. The fourth-order valence-electron chi connectivity index (χ4n) is 1.97. The van der Waals surface area contributed by atoms with Crippen LogP contribution in [0.15, 0.2) is 46.9 Å². The highest BCUT2D eigenvalue weighted by Crippen LogP contribution is 2.27. The van der Waals surface area contributed by atoms with Crippen molar-refractivity contribution in [3.63, 3.8) is 0 Å². The van der Waals surface area contributed by atoms with Crippen LogP contribution in [0.4, 0.5) is 0 Å². The van der Waals surface area contributed by atoms with Crippen molar-refractivity contribution in [1.29, 1.82) is 0 Å². The summed E-state index contributed by atoms with van der Waals surface area (Å²) in [7, 11) is 0. The van der Waals surface area contributed by atoms with Gasteiger partial charge in [-0.05, 0) is 64.3 Å². The monoisotopic (exact) mass is 367 g/mol. The summed E-state index contributed by atoms with van der Waals surface area (Å²) in [5, 5.41) is 4.11. The van der Waals surface area contributed by atoms with Gasteiger partial charge < -0.3 is 10.1 Å². The molecule has 0 radical (unpaired) electrons. The summed E-state index contributed by atoms with van der Waals surface area (Å²) in [6.45, 7) is 4.58. The van der Waals surface area contributed by atoms with Gasteiger partial charge in [-0.15, -0.1) is 0 Å². The van der Waals surface area contributed by atoms with E-state index in [9.17, 15) is 0 Å². The molecule has 112 valence electrons. The number of ether oxygens (including phenoxy) is 1. The van der Waals surface area contributed by atoms with Gasteiger partial charge in [-0.25, -0.2) is 0 Å². The molecule has 1 N–H and O–H groups in total. The molecule has 0 fully saturated rings. The second-order valence-corrected chi connectivity index (χ2v) is 6.15. The third kappa shape index (κ3) is 5.34. The highest BCUT2D eigenvalue weighted by atomic mass is 79.9. The quantitative estimate of drug-likeness (QED) is 0.680. The van der Waals surface area contributed by atoms with Crippen LogP contribution in [0.5, 0.6) is 5.75 Å². The Morgan fingerprint density at radius 3 is 2.71 bits per heavy atom. The van der Waals surface area contributed by atoms with Crippen molar-refractivity contribution in [2.45, 2.75) is 26.5 Å². The van der Waals surface area contributed by atoms with Crippen molar-refractivity contribution in [3.05, 3.63) is 63.1 Å². The van der Waals surface area contributed by atoms with Crippen LogP contribution in [0.1, 0.15) is 24.5 Å². The van der Waals surface area contributed by atoms with Gasteiger partial charge in [-0.2, -0.15) is 0 Å². The Hall–Kier alpha value is -1.03. The van der Waals surface area contributed by atoms with Gasteiger partial charge in [0, 0.05) is 11.6 Å². The number of hydrogen-bond acceptors (Lipinski definition) is 2. The smallest absolute Gasteiger partial charge is 0.134 e. The molecule has 21 heavy (non-hydrogen) atoms. The Morgan fingerprint density at radius 2 is 2.00 bits per heavy atom. The first-order chi connectivity index (χ1) is 10.2. The lowest BCUT2D eigenvalue weighted by atomic mass is 10.2. The van der Waals surface area contributed by atoms with Crippen LogP contribution in [0.3, 0.4) is 0 Å². The van der Waals surface area contributed by atoms with Gasteiger partial charge in [0.15, 0.2) is 0 Å². The molecular formula is C17H19BrClNO. The van der Waals surface area contributed by atoms with Gasteiger partial charge in [0.1, 0.15) is 12.4 Å². The maximum absolute atomic E-state index is 5.97. The molecule has 0 aromatic heterocycles. The van der Waals surface area contributed by atoms with E-state index in [0.717, 1.165) is 40.3 Å². The zero-order chi connectivity index (χ0) is 15.1. The van der Waals surface area contributed by atoms with Gasteiger partial charge in [0.2, 0.25) is 0 Å². The Bertz CT molecular complexity index is 589. The molecule has 0 bridgehead atoms. The molecule has 0 spiro atoms. The second-order valence-electron chi connectivity index (χ2n) is 4.86. The lowest BCUT2D eigenvalue weighted by Gasteiger charge is -2.10. The molecule has 0 saturated carbocycles. The molecule has 0 amide bonds. The van der Waals surface area contributed by atoms with Gasteiger partial charge >= 0.3 is 0 Å². The summed E-state index contributed by atoms with van der Waals surface area (Å²) in [6, 6.07) is 13.9. The van der Waals surface area contributed by atoms with E-state index in [1.54, 1.807) is 0 Å². The Labute approximate surface area is 139 Å². The van der Waals surface area contributed by atoms with Gasteiger partial charge in [-0.3, -0.25) is 0 Å². The summed E-state index contributed by atoms with van der Waals surface area (Å²) in [6.07, 6.45) is 1.14. The fraction of sp³-hybridized carbons (Fsp3) is 0.294. The highest BCUT2D eigenvalue weighted by molar-refractivity contribution is 9.10. The minimum Gasteiger partial charge on any atom is -0.488 e. The minimum absolute atomic E-state index is 0.507. The topological polar surface area (TPSA) is 21.3 Å². The Morgan fingerprint density at radius 1 is 1.14 bits per heavy atom. The molecule has 0 heterocycles. The SMILES string of the molecule is CCCNCc1ccc(OCc2cccc(Cl)c2)c(Br)c1. The summed E-state index contributed by atoms with van der Waals surface area (Å²) < 4.78 is 6.81. The van der Waals surface area contributed by atoms with Gasteiger partial charge in [0.25, 0.3) is 0 Å². The average molecular weight is 369 g/mol. The first-order valence-corrected chi connectivity index (χ1v) is 8.22. The fourth-order valence-corrected chi connectivity index (χ4v) is 2.72. The van der Waals surface area contributed by atoms with Crippen LogP contribution >= 0.6 is 27.5 Å². The molecular weight excluding hydrogens is 350 g/mol. The van der Waals surface area contributed by atoms with Crippen molar-refractivity contribution in [2.75, 3.05) is 6.54 Å². The normalized spacial score (nSPS) is 10.6. The maximum Gasteiger partial charge on any atom is 0.134 e. The summed E-state index contributed by atoms with van der Waals surface area (Å²) >= 11 is 9.53. The molecule has 4 heteroatoms. The number of nitrogens with one attached hydrogen (secondary N) is 1. The van der Waals surface area contributed by atoms with Crippen molar-refractivity contribution >= 4 is 27.5 Å². The summed E-state index contributed by atoms with van der Waals surface area (Å²) in [4.78, 5) is 0. The molecule has 2 aromatic rings. The average Bonchev–Trinajstić information content (AvgIpc) is 2.47. The van der Waals surface area contributed by atoms with E-state index in [2.05, 4.69) is 40.3 Å². The van der Waals surface area contributed by atoms with E-state index >= 15 is 0 Å². The van der Waals surface area contributed by atoms with E-state index in [4.69, 9.17) is 16.3 Å². The first-order valence-electron chi connectivity index (χ1n) is 7.05. The van der Waals surface area contributed by atoms with Crippen LogP contribution in [-0.2, 0) is 13.2 Å². The van der Waals surface area contributed by atoms with Gasteiger partial charge in [0.05, 0.1) is 4.47 Å². The summed E-state index contributed by atoms with van der Waals surface area (Å²) in [5.74, 6) is 0.842. The van der Waals surface area contributed by atoms with E-state index in [1.807, 2.05) is 30.3 Å². The van der Waals surface area contributed by atoms with Crippen LogP contribution < -0.4 is 10.1 Å². The van der Waals surface area contributed by atoms with Crippen LogP contribution in [0, 0.1) is 0 Å². The largest absolute Gasteiger partial charge is 0.488 e. The van der Waals surface area contributed by atoms with E-state index in [1.165, 1.54) is 5.56 Å². The molecule has 0 aliphatic rings. The molecule has 2 rings (SSSR count). The Balaban J connectivity index is 1.94. The predicted octanol–water partition coefficient (Wildman–Crippen LogP) is 5.18. The van der Waals surface area contributed by atoms with Crippen LogP contribution in [0.2, 0.25) is 5.02 Å². The zero-order valence-corrected chi connectivity index (χ0v) is 14.4. The standard InChI is InChI=1S/C17H19BrClNO/c1-2-8-20-11-13-6-7-17(16(18)10-13)21-12-14-4-3-5-15(19)9-14/h3-7,9-10,20H,2,8,11-12H2,1H3. The summed E-state index contributed by atoms with van der Waals surface area (Å²) in [5.41, 5.74) is 2.30. The molecule has 2 nitrogen and oxygen atoms in total.